The van der Waals surface area contributed by atoms with Crippen LogP contribution in [0.4, 0.5) is 0 Å². The van der Waals surface area contributed by atoms with Gasteiger partial charge in [0.25, 0.3) is 0 Å². The third-order valence-corrected chi connectivity index (χ3v) is 10.8. The first kappa shape index (κ1) is 39.8. The fourth-order valence-electron chi connectivity index (χ4n) is 7.81. The maximum Gasteiger partial charge on any atom is 0.319 e. The Morgan fingerprint density at radius 2 is 1.68 bits per heavy atom. The van der Waals surface area contributed by atoms with E-state index in [1.165, 1.54) is 0 Å². The normalized spacial score (nSPS) is 38.8. The number of aliphatic hydroxyl groups excluding tert-OH is 1. The SMILES string of the molecule is CCC(=O)N1CCN(C[C@H]2[C@H](C)OC(=O)C(C)(C)C(=O)[C@H](C)[C@@H](O[C@@H]3O[C@H](C)C[C@H](N(C)C)[C@H]3O)[C@](C)(OC)C[C@@H](C)CN2C)CC1. The molecule has 3 rings (SSSR count). The van der Waals surface area contributed by atoms with Crippen LogP contribution in [0.15, 0.2) is 0 Å². The van der Waals surface area contributed by atoms with Gasteiger partial charge in [0.2, 0.25) is 5.91 Å². The lowest BCUT2D eigenvalue weighted by Gasteiger charge is -2.47. The molecule has 0 aromatic carbocycles. The fraction of sp³-hybridized carbons (Fsp3) is 0.914. The van der Waals surface area contributed by atoms with Gasteiger partial charge < -0.3 is 33.9 Å². The molecule has 47 heavy (non-hydrogen) atoms. The quantitative estimate of drug-likeness (QED) is 0.318. The molecule has 10 atom stereocenters. The van der Waals surface area contributed by atoms with E-state index in [0.717, 1.165) is 13.1 Å². The van der Waals surface area contributed by atoms with E-state index in [9.17, 15) is 19.5 Å². The van der Waals surface area contributed by atoms with Crippen LogP contribution in [0.5, 0.6) is 0 Å². The number of ketones is 1. The van der Waals surface area contributed by atoms with Crippen LogP contribution >= 0.6 is 0 Å². The largest absolute Gasteiger partial charge is 0.460 e. The summed E-state index contributed by atoms with van der Waals surface area (Å²) >= 11 is 0. The molecule has 3 aliphatic rings. The second-order valence-electron chi connectivity index (χ2n) is 15.4. The Morgan fingerprint density at radius 1 is 1.06 bits per heavy atom. The molecule has 0 spiro atoms. The van der Waals surface area contributed by atoms with Gasteiger partial charge in [-0.2, -0.15) is 0 Å². The Labute approximate surface area is 283 Å². The van der Waals surface area contributed by atoms with Crippen molar-refractivity contribution >= 4 is 17.7 Å². The predicted molar refractivity (Wildman–Crippen MR) is 180 cm³/mol. The molecule has 0 aliphatic carbocycles. The third kappa shape index (κ3) is 9.32. The van der Waals surface area contributed by atoms with E-state index in [0.29, 0.717) is 45.4 Å². The van der Waals surface area contributed by atoms with Gasteiger partial charge in [0.05, 0.1) is 23.9 Å². The summed E-state index contributed by atoms with van der Waals surface area (Å²) in [5.74, 6) is -1.42. The van der Waals surface area contributed by atoms with E-state index >= 15 is 0 Å². The number of esters is 1. The number of hydrogen-bond acceptors (Lipinski definition) is 11. The molecule has 272 valence electrons. The minimum Gasteiger partial charge on any atom is -0.460 e. The Balaban J connectivity index is 1.94. The number of carbonyl (C=O) groups excluding carboxylic acids is 3. The smallest absolute Gasteiger partial charge is 0.319 e. The Hall–Kier alpha value is -1.67. The molecule has 1 N–H and O–H groups in total. The number of Topliss-reactive ketones (excluding diaryl/α,β-unsaturated/α-hetero) is 1. The van der Waals surface area contributed by atoms with E-state index < -0.39 is 47.5 Å². The standard InChI is InChI=1S/C35H64N4O8/c1-13-28(40)39-16-14-38(15-17-39)21-27-25(5)46-33(43)34(6,7)30(42)24(4)31(35(8,44-12)19-22(2)20-37(27)11)47-32-29(41)26(36(9)10)18-23(3)45-32/h22-27,29,31-32,41H,13-21H2,1-12H3/t22-,23-,24+,25+,26+,27+,29-,31-,32+,35-/m1/s1. The van der Waals surface area contributed by atoms with Crippen LogP contribution in [-0.4, -0.2) is 158 Å². The van der Waals surface area contributed by atoms with Gasteiger partial charge in [-0.05, 0) is 74.5 Å². The summed E-state index contributed by atoms with van der Waals surface area (Å²) in [6.45, 7) is 19.0. The predicted octanol–water partition coefficient (Wildman–Crippen LogP) is 2.26. The topological polar surface area (TPSA) is 121 Å². The number of rotatable bonds is 7. The molecule has 3 saturated heterocycles. The molecule has 3 heterocycles. The van der Waals surface area contributed by atoms with Crippen molar-refractivity contribution in [3.8, 4) is 0 Å². The van der Waals surface area contributed by atoms with Crippen molar-refractivity contribution in [3.05, 3.63) is 0 Å². The van der Waals surface area contributed by atoms with Crippen molar-refractivity contribution in [2.24, 2.45) is 17.3 Å². The summed E-state index contributed by atoms with van der Waals surface area (Å²) in [4.78, 5) is 48.9. The minimum absolute atomic E-state index is 0.0992. The molecule has 0 radical (unpaired) electrons. The number of carbonyl (C=O) groups is 3. The van der Waals surface area contributed by atoms with Gasteiger partial charge in [0.15, 0.2) is 12.1 Å². The highest BCUT2D eigenvalue weighted by molar-refractivity contribution is 6.04. The number of hydrogen-bond donors (Lipinski definition) is 1. The second-order valence-corrected chi connectivity index (χ2v) is 15.4. The average Bonchev–Trinajstić information content (AvgIpc) is 3.01. The number of likely N-dealkylation sites (N-methyl/N-ethyl adjacent to an activating group) is 2. The van der Waals surface area contributed by atoms with E-state index in [2.05, 4.69) is 16.7 Å². The van der Waals surface area contributed by atoms with Crippen LogP contribution in [0.3, 0.4) is 0 Å². The van der Waals surface area contributed by atoms with Crippen molar-refractivity contribution in [1.82, 2.24) is 19.6 Å². The Bertz CT molecular complexity index is 1070. The van der Waals surface area contributed by atoms with Crippen LogP contribution in [0.2, 0.25) is 0 Å². The van der Waals surface area contributed by atoms with Crippen molar-refractivity contribution in [1.29, 1.82) is 0 Å². The number of piperazine rings is 1. The molecule has 0 bridgehead atoms. The van der Waals surface area contributed by atoms with Crippen LogP contribution in [0.1, 0.15) is 74.7 Å². The summed E-state index contributed by atoms with van der Waals surface area (Å²) in [6, 6.07) is -0.333. The lowest BCUT2D eigenvalue weighted by Crippen LogP contribution is -2.59. The monoisotopic (exact) mass is 668 g/mol. The number of aliphatic hydroxyl groups is 1. The highest BCUT2D eigenvalue weighted by atomic mass is 16.7. The number of ether oxygens (including phenoxy) is 4. The van der Waals surface area contributed by atoms with E-state index in [1.54, 1.807) is 27.9 Å². The zero-order valence-corrected chi connectivity index (χ0v) is 31.2. The van der Waals surface area contributed by atoms with Crippen LogP contribution in [-0.2, 0) is 33.3 Å². The molecule has 1 amide bonds. The first-order chi connectivity index (χ1) is 21.9. The molecular formula is C35H64N4O8. The van der Waals surface area contributed by atoms with Gasteiger partial charge in [-0.25, -0.2) is 0 Å². The maximum atomic E-state index is 14.3. The fourth-order valence-corrected chi connectivity index (χ4v) is 7.81. The highest BCUT2D eigenvalue weighted by Crippen LogP contribution is 2.38. The van der Waals surface area contributed by atoms with Crippen LogP contribution in [0.25, 0.3) is 0 Å². The summed E-state index contributed by atoms with van der Waals surface area (Å²) in [5, 5.41) is 11.3. The van der Waals surface area contributed by atoms with Crippen molar-refractivity contribution in [2.75, 3.05) is 67.5 Å². The van der Waals surface area contributed by atoms with Gasteiger partial charge in [-0.3, -0.25) is 24.2 Å². The Kier molecular flexibility index (Phi) is 13.8. The van der Waals surface area contributed by atoms with E-state index in [1.807, 2.05) is 58.6 Å². The number of amides is 1. The Morgan fingerprint density at radius 3 is 2.23 bits per heavy atom. The van der Waals surface area contributed by atoms with Gasteiger partial charge in [0.1, 0.15) is 17.6 Å². The third-order valence-electron chi connectivity index (χ3n) is 10.8. The van der Waals surface area contributed by atoms with E-state index in [-0.39, 0.29) is 35.8 Å². The summed E-state index contributed by atoms with van der Waals surface area (Å²) in [5.41, 5.74) is -2.42. The minimum atomic E-state index is -1.47. The molecule has 0 aromatic rings. The molecule has 12 nitrogen and oxygen atoms in total. The first-order valence-electron chi connectivity index (χ1n) is 17.5. The first-order valence-corrected chi connectivity index (χ1v) is 17.5. The number of methoxy groups -OCH3 is 1. The number of nitrogens with zero attached hydrogens (tertiary/aromatic N) is 4. The van der Waals surface area contributed by atoms with Gasteiger partial charge in [-0.15, -0.1) is 0 Å². The van der Waals surface area contributed by atoms with Crippen molar-refractivity contribution < 1.29 is 38.4 Å². The van der Waals surface area contributed by atoms with Crippen LogP contribution < -0.4 is 0 Å². The molecule has 12 heteroatoms. The maximum absolute atomic E-state index is 14.3. The molecular weight excluding hydrogens is 604 g/mol. The summed E-state index contributed by atoms with van der Waals surface area (Å²) in [6.07, 6.45) is -1.72. The average molecular weight is 669 g/mol. The molecule has 0 unspecified atom stereocenters. The zero-order chi connectivity index (χ0) is 35.4. The lowest BCUT2D eigenvalue weighted by atomic mass is 9.74. The summed E-state index contributed by atoms with van der Waals surface area (Å²) in [7, 11) is 7.51. The second kappa shape index (κ2) is 16.4. The van der Waals surface area contributed by atoms with Gasteiger partial charge in [0, 0.05) is 64.8 Å². The lowest BCUT2D eigenvalue weighted by molar-refractivity contribution is -0.295. The molecule has 3 aliphatic heterocycles. The highest BCUT2D eigenvalue weighted by Gasteiger charge is 2.52. The van der Waals surface area contributed by atoms with Crippen molar-refractivity contribution in [3.63, 3.8) is 0 Å². The van der Waals surface area contributed by atoms with Gasteiger partial charge in [-0.1, -0.05) is 20.8 Å². The molecule has 0 saturated carbocycles. The number of cyclic esters (lactones) is 1. The zero-order valence-electron chi connectivity index (χ0n) is 31.2. The summed E-state index contributed by atoms with van der Waals surface area (Å²) < 4.78 is 25.2. The molecule has 3 fully saturated rings. The van der Waals surface area contributed by atoms with E-state index in [4.69, 9.17) is 18.9 Å². The van der Waals surface area contributed by atoms with Crippen LogP contribution in [0, 0.1) is 17.3 Å². The molecule has 0 aromatic heterocycles. The van der Waals surface area contributed by atoms with Crippen molar-refractivity contribution in [2.45, 2.75) is 123 Å². The van der Waals surface area contributed by atoms with Gasteiger partial charge >= 0.3 is 5.97 Å².